The van der Waals surface area contributed by atoms with Crippen LogP contribution in [0.2, 0.25) is 0 Å². The van der Waals surface area contributed by atoms with Crippen LogP contribution in [0.3, 0.4) is 0 Å². The highest BCUT2D eigenvalue weighted by Crippen LogP contribution is 2.19. The van der Waals surface area contributed by atoms with Crippen LogP contribution < -0.4 is 0 Å². The van der Waals surface area contributed by atoms with Gasteiger partial charge in [-0.1, -0.05) is 6.07 Å². The zero-order valence-corrected chi connectivity index (χ0v) is 16.3. The molecule has 26 heavy (non-hydrogen) atoms. The quantitative estimate of drug-likeness (QED) is 0.614. The Kier molecular flexibility index (Phi) is 5.90. The number of aryl methyl sites for hydroxylation is 1. The highest BCUT2D eigenvalue weighted by Gasteiger charge is 2.21. The lowest BCUT2D eigenvalue weighted by Gasteiger charge is -2.24. The van der Waals surface area contributed by atoms with Crippen LogP contribution in [0.5, 0.6) is 0 Å². The minimum absolute atomic E-state index is 0.0296. The molecule has 0 fully saturated rings. The van der Waals surface area contributed by atoms with E-state index in [0.29, 0.717) is 18.0 Å². The Morgan fingerprint density at radius 3 is 2.58 bits per heavy atom. The summed E-state index contributed by atoms with van der Waals surface area (Å²) in [6, 6.07) is 11.3. The molecule has 0 spiro atoms. The SMILES string of the molecule is Cc1ccc(CN(Cc2ccco2)C(=O)CN(C)C(=O)c2cccs2)s1. The first-order valence-electron chi connectivity index (χ1n) is 8.17. The lowest BCUT2D eigenvalue weighted by Crippen LogP contribution is -2.40. The summed E-state index contributed by atoms with van der Waals surface area (Å²) in [6.45, 7) is 2.95. The standard InChI is InChI=1S/C19H20N2O3S2/c1-14-7-8-16(26-14)12-21(11-15-5-3-9-24-15)18(22)13-20(2)19(23)17-6-4-10-25-17/h3-10H,11-13H2,1-2H3. The number of likely N-dealkylation sites (N-methyl/N-ethyl adjacent to an activating group) is 1. The predicted molar refractivity (Wildman–Crippen MR) is 103 cm³/mol. The van der Waals surface area contributed by atoms with Crippen LogP contribution in [0.15, 0.2) is 52.5 Å². The molecule has 5 nitrogen and oxygen atoms in total. The van der Waals surface area contributed by atoms with Crippen molar-refractivity contribution in [3.05, 3.63) is 68.4 Å². The van der Waals surface area contributed by atoms with Crippen molar-refractivity contribution in [3.8, 4) is 0 Å². The zero-order chi connectivity index (χ0) is 18.5. The molecule has 0 aliphatic carbocycles. The molecule has 0 aliphatic rings. The topological polar surface area (TPSA) is 53.8 Å². The molecule has 0 atom stereocenters. The van der Waals surface area contributed by atoms with Gasteiger partial charge in [0.1, 0.15) is 5.76 Å². The predicted octanol–water partition coefficient (Wildman–Crippen LogP) is 4.01. The van der Waals surface area contributed by atoms with E-state index in [0.717, 1.165) is 10.6 Å². The van der Waals surface area contributed by atoms with Crippen LogP contribution >= 0.6 is 22.7 Å². The number of nitrogens with zero attached hydrogens (tertiary/aromatic N) is 2. The summed E-state index contributed by atoms with van der Waals surface area (Å²) >= 11 is 3.04. The van der Waals surface area contributed by atoms with Crippen LogP contribution in [0.25, 0.3) is 0 Å². The molecule has 0 N–H and O–H groups in total. The molecule has 0 unspecified atom stereocenters. The molecular formula is C19H20N2O3S2. The Balaban J connectivity index is 1.70. The molecule has 0 aliphatic heterocycles. The summed E-state index contributed by atoms with van der Waals surface area (Å²) < 4.78 is 5.40. The average Bonchev–Trinajstić information content (AvgIpc) is 3.36. The van der Waals surface area contributed by atoms with Gasteiger partial charge in [-0.15, -0.1) is 22.7 Å². The van der Waals surface area contributed by atoms with Gasteiger partial charge in [0, 0.05) is 16.8 Å². The van der Waals surface area contributed by atoms with Gasteiger partial charge in [0.05, 0.1) is 30.8 Å². The molecule has 0 bridgehead atoms. The van der Waals surface area contributed by atoms with Crippen LogP contribution in [0.1, 0.15) is 25.2 Å². The van der Waals surface area contributed by atoms with E-state index < -0.39 is 0 Å². The fourth-order valence-electron chi connectivity index (χ4n) is 2.54. The van der Waals surface area contributed by atoms with Gasteiger partial charge in [-0.05, 0) is 42.6 Å². The first kappa shape index (κ1) is 18.4. The second kappa shape index (κ2) is 8.33. The Labute approximate surface area is 160 Å². The van der Waals surface area contributed by atoms with Gasteiger partial charge in [0.25, 0.3) is 5.91 Å². The lowest BCUT2D eigenvalue weighted by atomic mass is 10.3. The maximum atomic E-state index is 12.9. The second-order valence-electron chi connectivity index (χ2n) is 5.98. The van der Waals surface area contributed by atoms with E-state index in [1.807, 2.05) is 36.6 Å². The van der Waals surface area contributed by atoms with E-state index in [1.165, 1.54) is 21.1 Å². The first-order valence-corrected chi connectivity index (χ1v) is 9.87. The average molecular weight is 389 g/mol. The third kappa shape index (κ3) is 4.62. The molecular weight excluding hydrogens is 368 g/mol. The van der Waals surface area contributed by atoms with Crippen LogP contribution in [-0.2, 0) is 17.9 Å². The normalized spacial score (nSPS) is 10.7. The van der Waals surface area contributed by atoms with E-state index in [2.05, 4.69) is 0 Å². The van der Waals surface area contributed by atoms with Crippen molar-refractivity contribution in [3.63, 3.8) is 0 Å². The number of rotatable bonds is 7. The summed E-state index contributed by atoms with van der Waals surface area (Å²) in [5.41, 5.74) is 0. The van der Waals surface area contributed by atoms with Gasteiger partial charge in [-0.2, -0.15) is 0 Å². The summed E-state index contributed by atoms with van der Waals surface area (Å²) in [5.74, 6) is 0.469. The summed E-state index contributed by atoms with van der Waals surface area (Å²) in [5, 5.41) is 1.85. The van der Waals surface area contributed by atoms with Crippen molar-refractivity contribution in [2.75, 3.05) is 13.6 Å². The van der Waals surface area contributed by atoms with Crippen molar-refractivity contribution < 1.29 is 14.0 Å². The van der Waals surface area contributed by atoms with E-state index in [9.17, 15) is 9.59 Å². The second-order valence-corrected chi connectivity index (χ2v) is 8.30. The maximum absolute atomic E-state index is 12.9. The van der Waals surface area contributed by atoms with Gasteiger partial charge in [0.2, 0.25) is 5.91 Å². The molecule has 0 saturated carbocycles. The molecule has 3 rings (SSSR count). The lowest BCUT2D eigenvalue weighted by molar-refractivity contribution is -0.133. The Morgan fingerprint density at radius 2 is 1.96 bits per heavy atom. The smallest absolute Gasteiger partial charge is 0.264 e. The van der Waals surface area contributed by atoms with Crippen molar-refractivity contribution in [1.82, 2.24) is 9.80 Å². The molecule has 3 aromatic heterocycles. The fourth-order valence-corrected chi connectivity index (χ4v) is 4.17. The van der Waals surface area contributed by atoms with E-state index in [4.69, 9.17) is 4.42 Å². The van der Waals surface area contributed by atoms with Gasteiger partial charge in [-0.25, -0.2) is 0 Å². The Morgan fingerprint density at radius 1 is 1.12 bits per heavy atom. The number of carbonyl (C=O) groups is 2. The number of carbonyl (C=O) groups excluding carboxylic acids is 2. The fraction of sp³-hybridized carbons (Fsp3) is 0.263. The van der Waals surface area contributed by atoms with Crippen LogP contribution in [0, 0.1) is 6.92 Å². The van der Waals surface area contributed by atoms with E-state index in [1.54, 1.807) is 41.7 Å². The maximum Gasteiger partial charge on any atom is 0.264 e. The highest BCUT2D eigenvalue weighted by atomic mass is 32.1. The molecule has 3 aromatic rings. The van der Waals surface area contributed by atoms with Crippen molar-refractivity contribution >= 4 is 34.5 Å². The zero-order valence-electron chi connectivity index (χ0n) is 14.7. The minimum Gasteiger partial charge on any atom is -0.467 e. The third-order valence-corrected chi connectivity index (χ3v) is 5.72. The summed E-state index contributed by atoms with van der Waals surface area (Å²) in [7, 11) is 1.65. The van der Waals surface area contributed by atoms with Gasteiger partial charge in [-0.3, -0.25) is 9.59 Å². The molecule has 0 saturated heterocycles. The monoisotopic (exact) mass is 388 g/mol. The Bertz CT molecular complexity index is 853. The third-order valence-electron chi connectivity index (χ3n) is 3.87. The summed E-state index contributed by atoms with van der Waals surface area (Å²) in [4.78, 5) is 31.4. The van der Waals surface area contributed by atoms with Gasteiger partial charge < -0.3 is 14.2 Å². The first-order chi connectivity index (χ1) is 12.5. The Hall–Kier alpha value is -2.38. The minimum atomic E-state index is -0.140. The molecule has 0 radical (unpaired) electrons. The number of hydrogen-bond donors (Lipinski definition) is 0. The van der Waals surface area contributed by atoms with Crippen LogP contribution in [0.4, 0.5) is 0 Å². The van der Waals surface area contributed by atoms with Crippen molar-refractivity contribution in [1.29, 1.82) is 0 Å². The molecule has 7 heteroatoms. The van der Waals surface area contributed by atoms with Crippen molar-refractivity contribution in [2.45, 2.75) is 20.0 Å². The number of hydrogen-bond acceptors (Lipinski definition) is 5. The molecule has 136 valence electrons. The number of amides is 2. The van der Waals surface area contributed by atoms with Gasteiger partial charge >= 0.3 is 0 Å². The molecule has 0 aromatic carbocycles. The molecule has 2 amide bonds. The van der Waals surface area contributed by atoms with E-state index >= 15 is 0 Å². The highest BCUT2D eigenvalue weighted by molar-refractivity contribution is 7.12. The van der Waals surface area contributed by atoms with Crippen molar-refractivity contribution in [2.24, 2.45) is 0 Å². The van der Waals surface area contributed by atoms with Gasteiger partial charge in [0.15, 0.2) is 0 Å². The van der Waals surface area contributed by atoms with E-state index in [-0.39, 0.29) is 18.4 Å². The number of thiophene rings is 2. The molecule has 3 heterocycles. The number of furan rings is 1. The summed E-state index contributed by atoms with van der Waals surface area (Å²) in [6.07, 6.45) is 1.60. The largest absolute Gasteiger partial charge is 0.467 e. The van der Waals surface area contributed by atoms with Crippen LogP contribution in [-0.4, -0.2) is 35.2 Å².